The second-order valence-corrected chi connectivity index (χ2v) is 7.34. The molecule has 1 aliphatic heterocycles. The maximum absolute atomic E-state index is 12.8. The molecule has 0 spiro atoms. The summed E-state index contributed by atoms with van der Waals surface area (Å²) >= 11 is 0. The highest BCUT2D eigenvalue weighted by molar-refractivity contribution is 5.92. The van der Waals surface area contributed by atoms with Gasteiger partial charge in [0.2, 0.25) is 0 Å². The van der Waals surface area contributed by atoms with Crippen LogP contribution in [0.2, 0.25) is 0 Å². The van der Waals surface area contributed by atoms with E-state index in [0.717, 1.165) is 25.0 Å². The number of pyridine rings is 1. The van der Waals surface area contributed by atoms with Crippen LogP contribution < -0.4 is 4.74 Å². The zero-order valence-electron chi connectivity index (χ0n) is 16.5. The van der Waals surface area contributed by atoms with Crippen molar-refractivity contribution in [1.29, 1.82) is 0 Å². The third-order valence-corrected chi connectivity index (χ3v) is 5.28. The van der Waals surface area contributed by atoms with Crippen LogP contribution in [0.5, 0.6) is 5.75 Å². The molecule has 3 heterocycles. The van der Waals surface area contributed by atoms with E-state index in [1.165, 1.54) is 23.8 Å². The Morgan fingerprint density at radius 1 is 1.13 bits per heavy atom. The van der Waals surface area contributed by atoms with E-state index in [-0.39, 0.29) is 29.7 Å². The zero-order chi connectivity index (χ0) is 21.8. The van der Waals surface area contributed by atoms with Gasteiger partial charge < -0.3 is 14.2 Å². The number of hydrogen-bond donors (Lipinski definition) is 0. The van der Waals surface area contributed by atoms with E-state index in [9.17, 15) is 18.0 Å². The van der Waals surface area contributed by atoms with Gasteiger partial charge in [0, 0.05) is 31.5 Å². The van der Waals surface area contributed by atoms with Crippen molar-refractivity contribution >= 4 is 5.91 Å². The summed E-state index contributed by atoms with van der Waals surface area (Å²) in [6.45, 7) is 1.08. The van der Waals surface area contributed by atoms with Crippen LogP contribution in [0.1, 0.15) is 46.1 Å². The van der Waals surface area contributed by atoms with Gasteiger partial charge in [-0.3, -0.25) is 9.78 Å². The third kappa shape index (κ3) is 5.04. The van der Waals surface area contributed by atoms with Crippen LogP contribution in [0, 0.1) is 0 Å². The number of ether oxygens (including phenoxy) is 1. The maximum atomic E-state index is 12.8. The maximum Gasteiger partial charge on any atom is 0.416 e. The number of amides is 1. The summed E-state index contributed by atoms with van der Waals surface area (Å²) in [6.07, 6.45) is 0.782. The molecule has 6 nitrogen and oxygen atoms in total. The smallest absolute Gasteiger partial charge is 0.416 e. The predicted molar refractivity (Wildman–Crippen MR) is 104 cm³/mol. The number of rotatable bonds is 5. The summed E-state index contributed by atoms with van der Waals surface area (Å²) in [5.74, 6) is 0.466. The zero-order valence-corrected chi connectivity index (χ0v) is 16.5. The molecular weight excluding hydrogens is 411 g/mol. The van der Waals surface area contributed by atoms with Crippen LogP contribution >= 0.6 is 0 Å². The summed E-state index contributed by atoms with van der Waals surface area (Å²) in [5, 5.41) is 3.80. The molecule has 0 bridgehead atoms. The Kier molecular flexibility index (Phi) is 5.92. The minimum atomic E-state index is -4.45. The molecule has 0 unspecified atom stereocenters. The Bertz CT molecular complexity index is 1030. The topological polar surface area (TPSA) is 68.5 Å². The van der Waals surface area contributed by atoms with Crippen molar-refractivity contribution in [1.82, 2.24) is 15.0 Å². The number of carbonyl (C=O) groups excluding carboxylic acids is 1. The highest BCUT2D eigenvalue weighted by atomic mass is 19.4. The number of halogens is 3. The minimum absolute atomic E-state index is 0.0530. The lowest BCUT2D eigenvalue weighted by molar-refractivity contribution is -0.137. The van der Waals surface area contributed by atoms with Gasteiger partial charge in [-0.05, 0) is 54.7 Å². The fourth-order valence-electron chi connectivity index (χ4n) is 3.61. The normalized spacial score (nSPS) is 15.1. The van der Waals surface area contributed by atoms with E-state index in [4.69, 9.17) is 9.26 Å². The third-order valence-electron chi connectivity index (χ3n) is 5.28. The molecule has 0 N–H and O–H groups in total. The van der Waals surface area contributed by atoms with Crippen molar-refractivity contribution < 1.29 is 27.2 Å². The number of likely N-dealkylation sites (tertiary alicyclic amines) is 1. The van der Waals surface area contributed by atoms with Crippen LogP contribution in [0.25, 0.3) is 0 Å². The fourth-order valence-corrected chi connectivity index (χ4v) is 3.61. The Balaban J connectivity index is 1.32. The highest BCUT2D eigenvalue weighted by Crippen LogP contribution is 2.31. The Morgan fingerprint density at radius 2 is 1.87 bits per heavy atom. The average molecular weight is 431 g/mol. The van der Waals surface area contributed by atoms with Gasteiger partial charge in [-0.15, -0.1) is 0 Å². The number of nitrogens with zero attached hydrogens (tertiary/aromatic N) is 3. The molecule has 0 radical (unpaired) electrons. The molecule has 0 atom stereocenters. The number of piperidine rings is 1. The van der Waals surface area contributed by atoms with Gasteiger partial charge in [-0.1, -0.05) is 11.2 Å². The van der Waals surface area contributed by atoms with Crippen molar-refractivity contribution in [2.75, 3.05) is 13.1 Å². The van der Waals surface area contributed by atoms with Crippen molar-refractivity contribution in [2.24, 2.45) is 0 Å². The van der Waals surface area contributed by atoms with E-state index >= 15 is 0 Å². The summed E-state index contributed by atoms with van der Waals surface area (Å²) in [4.78, 5) is 18.5. The van der Waals surface area contributed by atoms with Crippen LogP contribution in [0.3, 0.4) is 0 Å². The number of benzene rings is 1. The lowest BCUT2D eigenvalue weighted by Crippen LogP contribution is -2.38. The number of alkyl halides is 3. The van der Waals surface area contributed by atoms with Gasteiger partial charge in [0.15, 0.2) is 11.5 Å². The quantitative estimate of drug-likeness (QED) is 0.587. The monoisotopic (exact) mass is 431 g/mol. The molecule has 1 aromatic carbocycles. The van der Waals surface area contributed by atoms with Crippen LogP contribution in [-0.4, -0.2) is 34.0 Å². The van der Waals surface area contributed by atoms with E-state index in [2.05, 4.69) is 10.1 Å². The number of carbonyl (C=O) groups is 1. The van der Waals surface area contributed by atoms with Gasteiger partial charge >= 0.3 is 6.18 Å². The molecule has 3 aromatic rings. The fraction of sp³-hybridized carbons (Fsp3) is 0.318. The van der Waals surface area contributed by atoms with E-state index in [0.29, 0.717) is 19.0 Å². The first-order valence-corrected chi connectivity index (χ1v) is 9.85. The first kappa shape index (κ1) is 20.9. The largest absolute Gasteiger partial charge is 0.486 e. The SMILES string of the molecule is O=C(c1cc(COc2cccc(C(F)(F)F)c2)on1)N1CCC(c2ccncc2)CC1. The summed E-state index contributed by atoms with van der Waals surface area (Å²) in [6, 6.07) is 10.0. The van der Waals surface area contributed by atoms with Crippen LogP contribution in [0.15, 0.2) is 59.4 Å². The molecule has 1 fully saturated rings. The standard InChI is InChI=1S/C22H20F3N3O3/c23-22(24,25)17-2-1-3-18(12-17)30-14-19-13-20(27-31-19)21(29)28-10-6-16(7-11-28)15-4-8-26-9-5-15/h1-5,8-9,12-13,16H,6-7,10-11,14H2. The van der Waals surface area contributed by atoms with Crippen molar-refractivity contribution in [2.45, 2.75) is 31.5 Å². The van der Waals surface area contributed by atoms with Gasteiger partial charge in [-0.25, -0.2) is 0 Å². The first-order valence-electron chi connectivity index (χ1n) is 9.85. The lowest BCUT2D eigenvalue weighted by atomic mass is 9.90. The van der Waals surface area contributed by atoms with E-state index < -0.39 is 11.7 Å². The number of hydrogen-bond acceptors (Lipinski definition) is 5. The second-order valence-electron chi connectivity index (χ2n) is 7.34. The Hall–Kier alpha value is -3.36. The van der Waals surface area contributed by atoms with Crippen LogP contribution in [0.4, 0.5) is 13.2 Å². The second kappa shape index (κ2) is 8.79. The van der Waals surface area contributed by atoms with Gasteiger partial charge in [0.25, 0.3) is 5.91 Å². The Morgan fingerprint density at radius 3 is 2.58 bits per heavy atom. The van der Waals surface area contributed by atoms with E-state index in [1.807, 2.05) is 12.1 Å². The summed E-state index contributed by atoms with van der Waals surface area (Å²) < 4.78 is 48.9. The molecular formula is C22H20F3N3O3. The predicted octanol–water partition coefficient (Wildman–Crippen LogP) is 4.69. The number of aromatic nitrogens is 2. The van der Waals surface area contributed by atoms with Crippen molar-refractivity contribution in [3.05, 3.63) is 77.4 Å². The molecule has 31 heavy (non-hydrogen) atoms. The molecule has 0 saturated carbocycles. The molecule has 0 aliphatic carbocycles. The van der Waals surface area contributed by atoms with Crippen molar-refractivity contribution in [3.8, 4) is 5.75 Å². The Labute approximate surface area is 176 Å². The minimum Gasteiger partial charge on any atom is -0.486 e. The molecule has 9 heteroatoms. The first-order chi connectivity index (χ1) is 14.9. The van der Waals surface area contributed by atoms with Crippen LogP contribution in [-0.2, 0) is 12.8 Å². The molecule has 1 amide bonds. The lowest BCUT2D eigenvalue weighted by Gasteiger charge is -2.31. The summed E-state index contributed by atoms with van der Waals surface area (Å²) in [7, 11) is 0. The highest BCUT2D eigenvalue weighted by Gasteiger charge is 2.30. The van der Waals surface area contributed by atoms with Crippen molar-refractivity contribution in [3.63, 3.8) is 0 Å². The van der Waals surface area contributed by atoms with E-state index in [1.54, 1.807) is 17.3 Å². The molecule has 4 rings (SSSR count). The average Bonchev–Trinajstić information content (AvgIpc) is 3.27. The molecule has 2 aromatic heterocycles. The van der Waals surface area contributed by atoms with Gasteiger partial charge in [-0.2, -0.15) is 13.2 Å². The molecule has 162 valence electrons. The van der Waals surface area contributed by atoms with Gasteiger partial charge in [0.05, 0.1) is 5.56 Å². The molecule has 1 saturated heterocycles. The summed E-state index contributed by atoms with van der Waals surface area (Å²) in [5.41, 5.74) is 0.580. The van der Waals surface area contributed by atoms with Gasteiger partial charge in [0.1, 0.15) is 12.4 Å². The molecule has 1 aliphatic rings.